The summed E-state index contributed by atoms with van der Waals surface area (Å²) in [7, 11) is -1.25. The molecule has 0 bridgehead atoms. The molecule has 2 aliphatic rings. The first kappa shape index (κ1) is 26.4. The van der Waals surface area contributed by atoms with E-state index in [0.717, 1.165) is 25.9 Å². The summed E-state index contributed by atoms with van der Waals surface area (Å²) in [6.45, 7) is 4.58. The van der Waals surface area contributed by atoms with Gasteiger partial charge in [-0.2, -0.15) is 0 Å². The number of carbonyl (C=O) groups is 2. The zero-order chi connectivity index (χ0) is 26.0. The number of ether oxygens (including phenoxy) is 3. The van der Waals surface area contributed by atoms with Gasteiger partial charge in [0.1, 0.15) is 23.0 Å². The molecule has 2 heterocycles. The van der Waals surface area contributed by atoms with Gasteiger partial charge in [-0.1, -0.05) is 11.6 Å². The molecular weight excluding hydrogens is 508 g/mol. The number of sulfone groups is 1. The Kier molecular flexibility index (Phi) is 7.89. The lowest BCUT2D eigenvalue weighted by atomic mass is 10.1. The third-order valence-corrected chi connectivity index (χ3v) is 8.32. The number of likely N-dealkylation sites (tertiary alicyclic amines) is 1. The molecule has 0 aliphatic carbocycles. The highest BCUT2D eigenvalue weighted by atomic mass is 35.5. The predicted octanol–water partition coefficient (Wildman–Crippen LogP) is 3.59. The van der Waals surface area contributed by atoms with Crippen molar-refractivity contribution in [2.24, 2.45) is 0 Å². The quantitative estimate of drug-likeness (QED) is 0.495. The summed E-state index contributed by atoms with van der Waals surface area (Å²) in [6, 6.07) is 6.00. The summed E-state index contributed by atoms with van der Waals surface area (Å²) in [5.74, 6) is -1.01. The van der Waals surface area contributed by atoms with Crippen LogP contribution in [-0.2, 0) is 29.9 Å². The number of carbonyl (C=O) groups excluding carboxylic acids is 2. The van der Waals surface area contributed by atoms with Gasteiger partial charge >= 0.3 is 5.97 Å². The number of aryl methyl sites for hydroxylation is 1. The Labute approximate surface area is 215 Å². The van der Waals surface area contributed by atoms with E-state index in [1.54, 1.807) is 24.0 Å². The van der Waals surface area contributed by atoms with E-state index in [9.17, 15) is 18.0 Å². The van der Waals surface area contributed by atoms with E-state index >= 15 is 0 Å². The lowest BCUT2D eigenvalue weighted by Gasteiger charge is -2.26. The maximum absolute atomic E-state index is 13.4. The van der Waals surface area contributed by atoms with Gasteiger partial charge in [0, 0.05) is 31.5 Å². The molecule has 0 atom stereocenters. The minimum Gasteiger partial charge on any atom is -0.465 e. The van der Waals surface area contributed by atoms with Crippen LogP contribution >= 0.6 is 11.6 Å². The highest BCUT2D eigenvalue weighted by Crippen LogP contribution is 2.45. The Balaban J connectivity index is 1.74. The van der Waals surface area contributed by atoms with Gasteiger partial charge in [-0.3, -0.25) is 4.79 Å². The largest absolute Gasteiger partial charge is 0.465 e. The number of fused-ring (bicyclic) bond motifs is 2. The fraction of sp³-hybridized carbons (Fsp3) is 0.440. The Morgan fingerprint density at radius 2 is 1.83 bits per heavy atom. The van der Waals surface area contributed by atoms with E-state index in [-0.39, 0.29) is 39.5 Å². The van der Waals surface area contributed by atoms with E-state index in [0.29, 0.717) is 29.9 Å². The predicted molar refractivity (Wildman–Crippen MR) is 135 cm³/mol. The summed E-state index contributed by atoms with van der Waals surface area (Å²) in [5.41, 5.74) is 1.35. The first-order valence-corrected chi connectivity index (χ1v) is 13.6. The number of hydrogen-bond acceptors (Lipinski definition) is 8. The van der Waals surface area contributed by atoms with Crippen LogP contribution in [-0.4, -0.2) is 72.2 Å². The first-order chi connectivity index (χ1) is 17.1. The van der Waals surface area contributed by atoms with Gasteiger partial charge in [-0.05, 0) is 62.7 Å². The molecule has 36 heavy (non-hydrogen) atoms. The number of esters is 1. The Morgan fingerprint density at radius 1 is 1.11 bits per heavy atom. The molecule has 0 N–H and O–H groups in total. The molecule has 2 aliphatic heterocycles. The van der Waals surface area contributed by atoms with E-state index in [1.807, 2.05) is 0 Å². The monoisotopic (exact) mass is 536 g/mol. The number of nitrogens with zero attached hydrogens (tertiary/aromatic N) is 2. The van der Waals surface area contributed by atoms with Gasteiger partial charge in [0.05, 0.1) is 23.4 Å². The Morgan fingerprint density at radius 3 is 2.50 bits per heavy atom. The van der Waals surface area contributed by atoms with Crippen molar-refractivity contribution >= 4 is 39.0 Å². The average Bonchev–Trinajstić information content (AvgIpc) is 3.31. The molecule has 0 radical (unpaired) electrons. The van der Waals surface area contributed by atoms with Gasteiger partial charge in [0.25, 0.3) is 5.91 Å². The third-order valence-electron chi connectivity index (χ3n) is 6.37. The molecule has 9 nitrogen and oxygen atoms in total. The van der Waals surface area contributed by atoms with E-state index in [4.69, 9.17) is 25.8 Å². The first-order valence-electron chi connectivity index (χ1n) is 11.6. The van der Waals surface area contributed by atoms with Crippen LogP contribution in [0, 0.1) is 6.92 Å². The van der Waals surface area contributed by atoms with Crippen molar-refractivity contribution in [3.63, 3.8) is 0 Å². The van der Waals surface area contributed by atoms with Crippen LogP contribution in [0.25, 0.3) is 0 Å². The second-order valence-corrected chi connectivity index (χ2v) is 11.3. The van der Waals surface area contributed by atoms with Crippen LogP contribution in [0.5, 0.6) is 11.5 Å². The molecule has 2 aromatic rings. The zero-order valence-corrected chi connectivity index (χ0v) is 22.1. The zero-order valence-electron chi connectivity index (χ0n) is 20.5. The SMILES string of the molecule is COCC(=O)N(CCN1CCCC1)c1cc(Cl)c2c(c1)CS(=O)(=O)c1cc(C(=O)OC)cc(C)c1O2. The molecule has 1 amide bonds. The van der Waals surface area contributed by atoms with Crippen molar-refractivity contribution in [1.82, 2.24) is 4.90 Å². The molecule has 0 aromatic heterocycles. The number of amides is 1. The third kappa shape index (κ3) is 5.36. The second-order valence-electron chi connectivity index (χ2n) is 8.92. The summed E-state index contributed by atoms with van der Waals surface area (Å²) in [5, 5.41) is 0.179. The molecule has 194 valence electrons. The van der Waals surface area contributed by atoms with Crippen LogP contribution in [0.2, 0.25) is 5.02 Å². The van der Waals surface area contributed by atoms with Gasteiger partial charge in [0.2, 0.25) is 0 Å². The van der Waals surface area contributed by atoms with Gasteiger partial charge < -0.3 is 24.0 Å². The van der Waals surface area contributed by atoms with Crippen LogP contribution in [0.3, 0.4) is 0 Å². The Bertz CT molecular complexity index is 1290. The van der Waals surface area contributed by atoms with Crippen molar-refractivity contribution in [1.29, 1.82) is 0 Å². The molecule has 4 rings (SSSR count). The molecule has 1 fully saturated rings. The second kappa shape index (κ2) is 10.8. The number of methoxy groups -OCH3 is 2. The van der Waals surface area contributed by atoms with Crippen molar-refractivity contribution in [3.8, 4) is 11.5 Å². The summed E-state index contributed by atoms with van der Waals surface area (Å²) in [6.07, 6.45) is 2.26. The number of halogens is 1. The highest BCUT2D eigenvalue weighted by Gasteiger charge is 2.32. The van der Waals surface area contributed by atoms with Crippen molar-refractivity contribution < 1.29 is 32.2 Å². The van der Waals surface area contributed by atoms with Gasteiger partial charge in [-0.15, -0.1) is 0 Å². The molecule has 2 aromatic carbocycles. The van der Waals surface area contributed by atoms with Crippen LogP contribution < -0.4 is 9.64 Å². The number of hydrogen-bond donors (Lipinski definition) is 0. The fourth-order valence-corrected chi connectivity index (χ4v) is 6.43. The van der Waals surface area contributed by atoms with Gasteiger partial charge in [0.15, 0.2) is 9.84 Å². The van der Waals surface area contributed by atoms with Crippen LogP contribution in [0.15, 0.2) is 29.2 Å². The topological polar surface area (TPSA) is 102 Å². The number of benzene rings is 2. The minimum atomic E-state index is -3.92. The average molecular weight is 537 g/mol. The standard InChI is InChI=1S/C25H29ClN2O7S/c1-16-10-17(25(30)34-3)12-21-23(16)35-24-18(15-36(21,31)32)11-19(13-20(24)26)28(22(29)14-33-2)9-8-27-6-4-5-7-27/h10-13H,4-9,14-15H2,1-3H3. The maximum Gasteiger partial charge on any atom is 0.337 e. The van der Waals surface area contributed by atoms with Gasteiger partial charge in [-0.25, -0.2) is 13.2 Å². The number of rotatable bonds is 7. The molecule has 0 spiro atoms. The van der Waals surface area contributed by atoms with Crippen molar-refractivity contribution in [3.05, 3.63) is 46.0 Å². The van der Waals surface area contributed by atoms with Crippen molar-refractivity contribution in [2.75, 3.05) is 51.9 Å². The van der Waals surface area contributed by atoms with Crippen LogP contribution in [0.4, 0.5) is 5.69 Å². The summed E-state index contributed by atoms with van der Waals surface area (Å²) < 4.78 is 42.7. The molecular formula is C25H29ClN2O7S. The molecule has 0 unspecified atom stereocenters. The van der Waals surface area contributed by atoms with Crippen LogP contribution in [0.1, 0.15) is 34.3 Å². The molecule has 1 saturated heterocycles. The van der Waals surface area contributed by atoms with E-state index < -0.39 is 21.6 Å². The fourth-order valence-electron chi connectivity index (χ4n) is 4.58. The lowest BCUT2D eigenvalue weighted by molar-refractivity contribution is -0.122. The molecule has 0 saturated carbocycles. The van der Waals surface area contributed by atoms with E-state index in [2.05, 4.69) is 4.90 Å². The minimum absolute atomic E-state index is 0.108. The summed E-state index contributed by atoms with van der Waals surface area (Å²) in [4.78, 5) is 28.7. The molecule has 11 heteroatoms. The maximum atomic E-state index is 13.4. The number of anilines is 1. The van der Waals surface area contributed by atoms with Crippen molar-refractivity contribution in [2.45, 2.75) is 30.4 Å². The Hall–Kier alpha value is -2.66. The smallest absolute Gasteiger partial charge is 0.337 e. The van der Waals surface area contributed by atoms with E-state index in [1.165, 1.54) is 26.4 Å². The normalized spacial score (nSPS) is 16.4. The summed E-state index contributed by atoms with van der Waals surface area (Å²) >= 11 is 6.62. The lowest BCUT2D eigenvalue weighted by Crippen LogP contribution is -2.39. The highest BCUT2D eigenvalue weighted by molar-refractivity contribution is 7.90.